The SMILES string of the molecule is COc1cc(C(=O)NC(=S)NNc2ccccc2)cc(OC)c1OC. The van der Waals surface area contributed by atoms with Gasteiger partial charge in [-0.3, -0.25) is 21.0 Å². The third-order valence-electron chi connectivity index (χ3n) is 3.25. The van der Waals surface area contributed by atoms with Crippen molar-refractivity contribution in [3.8, 4) is 17.2 Å². The highest BCUT2D eigenvalue weighted by Crippen LogP contribution is 2.38. The summed E-state index contributed by atoms with van der Waals surface area (Å²) in [6, 6.07) is 12.5. The number of thiocarbonyl (C=S) groups is 1. The number of ether oxygens (including phenoxy) is 3. The molecule has 3 N–H and O–H groups in total. The largest absolute Gasteiger partial charge is 0.493 e. The second-order valence-electron chi connectivity index (χ2n) is 4.81. The number of anilines is 1. The molecule has 0 bridgehead atoms. The summed E-state index contributed by atoms with van der Waals surface area (Å²) in [5.41, 5.74) is 6.76. The standard InChI is InChI=1S/C17H19N3O4S/c1-22-13-9-11(10-14(23-2)15(13)24-3)16(21)18-17(25)20-19-12-7-5-4-6-8-12/h4-10,19H,1-3H3,(H2,18,20,21,25). The van der Waals surface area contributed by atoms with Crippen LogP contribution in [0.25, 0.3) is 0 Å². The first-order valence-electron chi connectivity index (χ1n) is 7.31. The van der Waals surface area contributed by atoms with E-state index in [1.807, 2.05) is 30.3 Å². The van der Waals surface area contributed by atoms with Crippen LogP contribution in [0.15, 0.2) is 42.5 Å². The minimum absolute atomic E-state index is 0.127. The number of carbonyl (C=O) groups is 1. The predicted molar refractivity (Wildman–Crippen MR) is 99.4 cm³/mol. The van der Waals surface area contributed by atoms with Gasteiger partial charge in [-0.2, -0.15) is 0 Å². The molecular formula is C17H19N3O4S. The molecule has 0 unspecified atom stereocenters. The molecule has 0 saturated heterocycles. The smallest absolute Gasteiger partial charge is 0.257 e. The van der Waals surface area contributed by atoms with Gasteiger partial charge in [0.2, 0.25) is 5.75 Å². The molecule has 0 aliphatic rings. The van der Waals surface area contributed by atoms with E-state index in [2.05, 4.69) is 16.2 Å². The number of hydrogen-bond donors (Lipinski definition) is 3. The molecule has 2 aromatic carbocycles. The summed E-state index contributed by atoms with van der Waals surface area (Å²) in [5, 5.41) is 2.70. The Labute approximate surface area is 151 Å². The van der Waals surface area contributed by atoms with Crippen molar-refractivity contribution in [3.63, 3.8) is 0 Å². The topological polar surface area (TPSA) is 80.9 Å². The highest BCUT2D eigenvalue weighted by Gasteiger charge is 2.17. The second-order valence-corrected chi connectivity index (χ2v) is 5.22. The lowest BCUT2D eigenvalue weighted by molar-refractivity contribution is 0.0976. The Balaban J connectivity index is 2.06. The lowest BCUT2D eigenvalue weighted by atomic mass is 10.1. The molecule has 132 valence electrons. The number of benzene rings is 2. The van der Waals surface area contributed by atoms with Crippen molar-refractivity contribution < 1.29 is 19.0 Å². The van der Waals surface area contributed by atoms with E-state index in [0.717, 1.165) is 5.69 Å². The van der Waals surface area contributed by atoms with Crippen molar-refractivity contribution in [1.82, 2.24) is 10.7 Å². The van der Waals surface area contributed by atoms with Gasteiger partial charge in [-0.05, 0) is 36.5 Å². The summed E-state index contributed by atoms with van der Waals surface area (Å²) in [6.07, 6.45) is 0. The molecule has 0 spiro atoms. The lowest BCUT2D eigenvalue weighted by Crippen LogP contribution is -2.41. The maximum absolute atomic E-state index is 12.4. The highest BCUT2D eigenvalue weighted by atomic mass is 32.1. The molecule has 0 aromatic heterocycles. The second kappa shape index (κ2) is 8.74. The third kappa shape index (κ3) is 4.74. The zero-order valence-corrected chi connectivity index (χ0v) is 14.9. The van der Waals surface area contributed by atoms with Crippen LogP contribution < -0.4 is 30.4 Å². The number of nitrogens with one attached hydrogen (secondary N) is 3. The van der Waals surface area contributed by atoms with Crippen LogP contribution >= 0.6 is 12.2 Å². The fourth-order valence-corrected chi connectivity index (χ4v) is 2.21. The van der Waals surface area contributed by atoms with Gasteiger partial charge in [-0.15, -0.1) is 0 Å². The van der Waals surface area contributed by atoms with Gasteiger partial charge in [0.05, 0.1) is 27.0 Å². The summed E-state index contributed by atoms with van der Waals surface area (Å²) in [5.74, 6) is 0.765. The van der Waals surface area contributed by atoms with E-state index in [-0.39, 0.29) is 5.11 Å². The number of hydrazine groups is 1. The Hall–Kier alpha value is -3.00. The summed E-state index contributed by atoms with van der Waals surface area (Å²) < 4.78 is 15.7. The average molecular weight is 361 g/mol. The van der Waals surface area contributed by atoms with E-state index in [1.165, 1.54) is 21.3 Å². The van der Waals surface area contributed by atoms with E-state index in [9.17, 15) is 4.79 Å². The molecule has 0 aliphatic heterocycles. The lowest BCUT2D eigenvalue weighted by Gasteiger charge is -2.15. The number of para-hydroxylation sites is 1. The van der Waals surface area contributed by atoms with Crippen LogP contribution in [-0.4, -0.2) is 32.3 Å². The molecule has 0 saturated carbocycles. The zero-order chi connectivity index (χ0) is 18.2. The van der Waals surface area contributed by atoms with Gasteiger partial charge < -0.3 is 14.2 Å². The predicted octanol–water partition coefficient (Wildman–Crippen LogP) is 2.34. The van der Waals surface area contributed by atoms with Crippen molar-refractivity contribution in [2.24, 2.45) is 0 Å². The van der Waals surface area contributed by atoms with E-state index in [1.54, 1.807) is 12.1 Å². The molecular weight excluding hydrogens is 342 g/mol. The maximum Gasteiger partial charge on any atom is 0.257 e. The average Bonchev–Trinajstić information content (AvgIpc) is 2.65. The molecule has 2 rings (SSSR count). The molecule has 1 amide bonds. The van der Waals surface area contributed by atoms with Gasteiger partial charge in [-0.1, -0.05) is 18.2 Å². The normalized spacial score (nSPS) is 9.72. The minimum Gasteiger partial charge on any atom is -0.493 e. The van der Waals surface area contributed by atoms with Crippen LogP contribution in [0.1, 0.15) is 10.4 Å². The molecule has 2 aromatic rings. The molecule has 0 atom stereocenters. The Morgan fingerprint density at radius 3 is 2.08 bits per heavy atom. The Kier molecular flexibility index (Phi) is 6.41. The number of methoxy groups -OCH3 is 3. The van der Waals surface area contributed by atoms with E-state index >= 15 is 0 Å². The number of hydrogen-bond acceptors (Lipinski definition) is 6. The van der Waals surface area contributed by atoms with Gasteiger partial charge in [0.25, 0.3) is 5.91 Å². The zero-order valence-electron chi connectivity index (χ0n) is 14.1. The molecule has 0 aliphatic carbocycles. The third-order valence-corrected chi connectivity index (χ3v) is 3.45. The quantitative estimate of drug-likeness (QED) is 0.538. The van der Waals surface area contributed by atoms with Crippen LogP contribution in [0, 0.1) is 0 Å². The summed E-state index contributed by atoms with van der Waals surface area (Å²) in [6.45, 7) is 0. The van der Waals surface area contributed by atoms with Crippen molar-refractivity contribution in [3.05, 3.63) is 48.0 Å². The minimum atomic E-state index is -0.411. The van der Waals surface area contributed by atoms with Gasteiger partial charge in [0.1, 0.15) is 0 Å². The van der Waals surface area contributed by atoms with Crippen LogP contribution in [0.5, 0.6) is 17.2 Å². The fourth-order valence-electron chi connectivity index (χ4n) is 2.07. The number of amides is 1. The van der Waals surface area contributed by atoms with Crippen molar-refractivity contribution in [2.45, 2.75) is 0 Å². The molecule has 25 heavy (non-hydrogen) atoms. The number of rotatable bonds is 6. The Bertz CT molecular complexity index is 728. The van der Waals surface area contributed by atoms with Crippen molar-refractivity contribution in [1.29, 1.82) is 0 Å². The van der Waals surface area contributed by atoms with Crippen LogP contribution in [0.4, 0.5) is 5.69 Å². The fraction of sp³-hybridized carbons (Fsp3) is 0.176. The van der Waals surface area contributed by atoms with E-state index in [4.69, 9.17) is 26.4 Å². The Morgan fingerprint density at radius 2 is 1.56 bits per heavy atom. The molecule has 7 nitrogen and oxygen atoms in total. The van der Waals surface area contributed by atoms with Crippen molar-refractivity contribution in [2.75, 3.05) is 26.8 Å². The molecule has 0 heterocycles. The van der Waals surface area contributed by atoms with E-state index < -0.39 is 5.91 Å². The summed E-state index contributed by atoms with van der Waals surface area (Å²) in [7, 11) is 4.46. The molecule has 0 radical (unpaired) electrons. The van der Waals surface area contributed by atoms with E-state index in [0.29, 0.717) is 22.8 Å². The highest BCUT2D eigenvalue weighted by molar-refractivity contribution is 7.80. The molecule has 8 heteroatoms. The first kappa shape index (κ1) is 18.3. The number of carbonyl (C=O) groups excluding carboxylic acids is 1. The van der Waals surface area contributed by atoms with Crippen LogP contribution in [0.3, 0.4) is 0 Å². The van der Waals surface area contributed by atoms with Gasteiger partial charge in [0.15, 0.2) is 16.6 Å². The summed E-state index contributed by atoms with van der Waals surface area (Å²) >= 11 is 5.11. The van der Waals surface area contributed by atoms with Gasteiger partial charge >= 0.3 is 0 Å². The summed E-state index contributed by atoms with van der Waals surface area (Å²) in [4.78, 5) is 12.4. The first-order chi connectivity index (χ1) is 12.1. The maximum atomic E-state index is 12.4. The monoisotopic (exact) mass is 361 g/mol. The Morgan fingerprint density at radius 1 is 0.960 bits per heavy atom. The van der Waals surface area contributed by atoms with Crippen LogP contribution in [-0.2, 0) is 0 Å². The molecule has 0 fully saturated rings. The van der Waals surface area contributed by atoms with Gasteiger partial charge in [-0.25, -0.2) is 0 Å². The first-order valence-corrected chi connectivity index (χ1v) is 7.72. The van der Waals surface area contributed by atoms with Gasteiger partial charge in [0, 0.05) is 5.56 Å². The van der Waals surface area contributed by atoms with Crippen LogP contribution in [0.2, 0.25) is 0 Å². The van der Waals surface area contributed by atoms with Crippen molar-refractivity contribution >= 4 is 28.9 Å².